The summed E-state index contributed by atoms with van der Waals surface area (Å²) in [6.45, 7) is 5.94. The maximum Gasteiger partial charge on any atom is 0.243 e. The number of nitrogens with zero attached hydrogens (tertiary/aromatic N) is 2. The Morgan fingerprint density at radius 2 is 1.89 bits per heavy atom. The van der Waals surface area contributed by atoms with Gasteiger partial charge in [-0.15, -0.1) is 0 Å². The van der Waals surface area contributed by atoms with Gasteiger partial charge in [-0.2, -0.15) is 4.31 Å². The number of rotatable bonds is 6. The fourth-order valence-corrected chi connectivity index (χ4v) is 5.22. The van der Waals surface area contributed by atoms with Crippen molar-refractivity contribution in [1.82, 2.24) is 9.62 Å². The average Bonchev–Trinajstić information content (AvgIpc) is 3.12. The lowest BCUT2D eigenvalue weighted by Gasteiger charge is -2.31. The van der Waals surface area contributed by atoms with Gasteiger partial charge in [0.25, 0.3) is 0 Å². The van der Waals surface area contributed by atoms with Crippen LogP contribution < -0.4 is 10.2 Å². The predicted molar refractivity (Wildman–Crippen MR) is 107 cm³/mol. The monoisotopic (exact) mass is 407 g/mol. The van der Waals surface area contributed by atoms with Gasteiger partial charge in [0.05, 0.1) is 10.8 Å². The van der Waals surface area contributed by atoms with Crippen LogP contribution in [0.3, 0.4) is 0 Å². The normalized spacial score (nSPS) is 21.3. The molecule has 0 spiro atoms. The Bertz CT molecular complexity index is 820. The molecule has 2 fully saturated rings. The molecular weight excluding hydrogens is 378 g/mol. The zero-order valence-electron chi connectivity index (χ0n) is 16.6. The predicted octanol–water partition coefficient (Wildman–Crippen LogP) is 1.99. The van der Waals surface area contributed by atoms with Gasteiger partial charge in [0.2, 0.25) is 21.8 Å². The molecule has 1 N–H and O–H groups in total. The first-order chi connectivity index (χ1) is 13.3. The van der Waals surface area contributed by atoms with E-state index in [1.807, 2.05) is 13.8 Å². The molecule has 0 unspecified atom stereocenters. The van der Waals surface area contributed by atoms with Crippen molar-refractivity contribution >= 4 is 27.5 Å². The minimum Gasteiger partial charge on any atom is -0.356 e. The second kappa shape index (κ2) is 8.61. The molecule has 7 nitrogen and oxygen atoms in total. The lowest BCUT2D eigenvalue weighted by atomic mass is 9.98. The van der Waals surface area contributed by atoms with E-state index in [-0.39, 0.29) is 29.2 Å². The van der Waals surface area contributed by atoms with Gasteiger partial charge in [-0.1, -0.05) is 13.8 Å². The summed E-state index contributed by atoms with van der Waals surface area (Å²) >= 11 is 0. The fraction of sp³-hybridized carbons (Fsp3) is 0.600. The molecule has 2 saturated heterocycles. The van der Waals surface area contributed by atoms with Crippen LogP contribution in [0.2, 0.25) is 0 Å². The number of hydrogen-bond acceptors (Lipinski definition) is 4. The molecule has 0 aliphatic carbocycles. The summed E-state index contributed by atoms with van der Waals surface area (Å²) < 4.78 is 27.5. The van der Waals surface area contributed by atoms with Crippen LogP contribution in [0.15, 0.2) is 29.2 Å². The maximum absolute atomic E-state index is 13.0. The first-order valence-electron chi connectivity index (χ1n) is 9.97. The van der Waals surface area contributed by atoms with Crippen molar-refractivity contribution in [2.45, 2.75) is 44.4 Å². The van der Waals surface area contributed by atoms with Crippen molar-refractivity contribution in [3.8, 4) is 0 Å². The summed E-state index contributed by atoms with van der Waals surface area (Å²) in [7, 11) is -3.66. The molecule has 0 saturated carbocycles. The second-order valence-corrected chi connectivity index (χ2v) is 9.92. The Labute approximate surface area is 167 Å². The third kappa shape index (κ3) is 4.55. The van der Waals surface area contributed by atoms with E-state index >= 15 is 0 Å². The van der Waals surface area contributed by atoms with E-state index in [1.165, 1.54) is 4.31 Å². The van der Waals surface area contributed by atoms with Crippen LogP contribution in [0.5, 0.6) is 0 Å². The van der Waals surface area contributed by atoms with E-state index in [4.69, 9.17) is 0 Å². The molecule has 8 heteroatoms. The number of piperidine rings is 1. The highest BCUT2D eigenvalue weighted by molar-refractivity contribution is 7.89. The molecule has 2 heterocycles. The highest BCUT2D eigenvalue weighted by Gasteiger charge is 2.33. The van der Waals surface area contributed by atoms with Gasteiger partial charge in [0.15, 0.2) is 0 Å². The molecule has 2 amide bonds. The smallest absolute Gasteiger partial charge is 0.243 e. The topological polar surface area (TPSA) is 86.8 Å². The van der Waals surface area contributed by atoms with E-state index in [1.54, 1.807) is 29.2 Å². The molecule has 1 atom stereocenters. The molecule has 28 heavy (non-hydrogen) atoms. The van der Waals surface area contributed by atoms with Crippen molar-refractivity contribution in [2.24, 2.45) is 11.8 Å². The van der Waals surface area contributed by atoms with Gasteiger partial charge in [0, 0.05) is 38.3 Å². The number of carbonyl (C=O) groups excluding carboxylic acids is 2. The lowest BCUT2D eigenvalue weighted by molar-refractivity contribution is -0.126. The Morgan fingerprint density at radius 1 is 1.18 bits per heavy atom. The van der Waals surface area contributed by atoms with Crippen LogP contribution in [0.25, 0.3) is 0 Å². The molecule has 154 valence electrons. The van der Waals surface area contributed by atoms with Gasteiger partial charge >= 0.3 is 0 Å². The summed E-state index contributed by atoms with van der Waals surface area (Å²) in [5.74, 6) is 0.0375. The number of nitrogens with one attached hydrogen (secondary N) is 1. The van der Waals surface area contributed by atoms with Gasteiger partial charge in [-0.25, -0.2) is 8.42 Å². The van der Waals surface area contributed by atoms with Crippen LogP contribution in [-0.4, -0.2) is 50.7 Å². The van der Waals surface area contributed by atoms with Crippen molar-refractivity contribution in [2.75, 3.05) is 31.1 Å². The Kier molecular flexibility index (Phi) is 6.40. The summed E-state index contributed by atoms with van der Waals surface area (Å²) in [4.78, 5) is 26.1. The van der Waals surface area contributed by atoms with E-state index in [0.29, 0.717) is 44.8 Å². The number of hydrogen-bond donors (Lipinski definition) is 1. The van der Waals surface area contributed by atoms with Crippen LogP contribution in [-0.2, 0) is 19.6 Å². The Hall–Kier alpha value is -1.93. The Balaban J connectivity index is 1.69. The first-order valence-corrected chi connectivity index (χ1v) is 11.4. The van der Waals surface area contributed by atoms with Crippen LogP contribution in [0, 0.1) is 11.8 Å². The number of carbonyl (C=O) groups is 2. The molecule has 1 aromatic carbocycles. The maximum atomic E-state index is 13.0. The number of benzene rings is 1. The highest BCUT2D eigenvalue weighted by atomic mass is 32.2. The van der Waals surface area contributed by atoms with Crippen LogP contribution in [0.4, 0.5) is 5.69 Å². The molecule has 1 aromatic rings. The molecule has 0 radical (unpaired) electrons. The largest absolute Gasteiger partial charge is 0.356 e. The summed E-state index contributed by atoms with van der Waals surface area (Å²) in [5.41, 5.74) is 0.728. The van der Waals surface area contributed by atoms with E-state index < -0.39 is 10.0 Å². The van der Waals surface area contributed by atoms with Crippen LogP contribution >= 0.6 is 0 Å². The number of sulfonamides is 1. The lowest BCUT2D eigenvalue weighted by Crippen LogP contribution is -2.45. The van der Waals surface area contributed by atoms with E-state index in [9.17, 15) is 18.0 Å². The van der Waals surface area contributed by atoms with Gasteiger partial charge in [0.1, 0.15) is 0 Å². The third-order valence-electron chi connectivity index (χ3n) is 5.30. The SMILES string of the molecule is CC(C)CNC(=O)[C@@H]1CCCN(S(=O)(=O)c2ccc(N3CCCC3=O)cc2)C1. The minimum absolute atomic E-state index is 0.0712. The summed E-state index contributed by atoms with van der Waals surface area (Å²) in [6.07, 6.45) is 2.73. The van der Waals surface area contributed by atoms with Crippen molar-refractivity contribution < 1.29 is 18.0 Å². The van der Waals surface area contributed by atoms with Crippen molar-refractivity contribution in [1.29, 1.82) is 0 Å². The van der Waals surface area contributed by atoms with Crippen LogP contribution in [0.1, 0.15) is 39.5 Å². The minimum atomic E-state index is -3.66. The quantitative estimate of drug-likeness (QED) is 0.781. The first kappa shape index (κ1) is 20.8. The summed E-state index contributed by atoms with van der Waals surface area (Å²) in [6, 6.07) is 6.48. The highest BCUT2D eigenvalue weighted by Crippen LogP contribution is 2.27. The van der Waals surface area contributed by atoms with Crippen molar-refractivity contribution in [3.05, 3.63) is 24.3 Å². The molecule has 0 bridgehead atoms. The number of amides is 2. The number of anilines is 1. The van der Waals surface area contributed by atoms with Gasteiger partial charge < -0.3 is 10.2 Å². The molecule has 0 aromatic heterocycles. The van der Waals surface area contributed by atoms with Crippen molar-refractivity contribution in [3.63, 3.8) is 0 Å². The molecular formula is C20H29N3O4S. The average molecular weight is 408 g/mol. The zero-order valence-corrected chi connectivity index (χ0v) is 17.4. The molecule has 3 rings (SSSR count). The van der Waals surface area contributed by atoms with Gasteiger partial charge in [-0.3, -0.25) is 9.59 Å². The third-order valence-corrected chi connectivity index (χ3v) is 7.18. The van der Waals surface area contributed by atoms with Gasteiger partial charge in [-0.05, 0) is 49.4 Å². The fourth-order valence-electron chi connectivity index (χ4n) is 3.69. The standard InChI is InChI=1S/C20H29N3O4S/c1-15(2)13-21-20(25)16-5-3-11-22(14-16)28(26,27)18-9-7-17(8-10-18)23-12-4-6-19(23)24/h7-10,15-16H,3-6,11-14H2,1-2H3,(H,21,25)/t16-/m1/s1. The summed E-state index contributed by atoms with van der Waals surface area (Å²) in [5, 5.41) is 2.91. The van der Waals surface area contributed by atoms with E-state index in [2.05, 4.69) is 5.32 Å². The molecule has 2 aliphatic rings. The molecule has 2 aliphatic heterocycles. The second-order valence-electron chi connectivity index (χ2n) is 7.98. The Morgan fingerprint density at radius 3 is 2.50 bits per heavy atom. The zero-order chi connectivity index (χ0) is 20.3. The van der Waals surface area contributed by atoms with E-state index in [0.717, 1.165) is 12.1 Å².